The van der Waals surface area contributed by atoms with Crippen molar-refractivity contribution in [2.24, 2.45) is 5.73 Å². The molecule has 1 aromatic carbocycles. The number of rotatable bonds is 3. The van der Waals surface area contributed by atoms with Crippen molar-refractivity contribution in [2.45, 2.75) is 6.17 Å². The predicted octanol–water partition coefficient (Wildman–Crippen LogP) is 1.87. The van der Waals surface area contributed by atoms with E-state index in [1.54, 1.807) is 13.2 Å². The highest BCUT2D eigenvalue weighted by Gasteiger charge is 2.13. The summed E-state index contributed by atoms with van der Waals surface area (Å²) in [5.74, 6) is 0.760. The lowest BCUT2D eigenvalue weighted by molar-refractivity contribution is 0.296. The first-order valence-corrected chi connectivity index (χ1v) is 4.69. The molecule has 0 spiro atoms. The molecule has 0 aliphatic rings. The van der Waals surface area contributed by atoms with Crippen LogP contribution in [0.3, 0.4) is 0 Å². The second kappa shape index (κ2) is 4.64. The molecule has 0 aliphatic heterocycles. The molecule has 1 rings (SSSR count). The van der Waals surface area contributed by atoms with Crippen LogP contribution < -0.4 is 10.5 Å². The van der Waals surface area contributed by atoms with E-state index < -0.39 is 0 Å². The zero-order valence-electron chi connectivity index (χ0n) is 8.62. The molecule has 0 aromatic heterocycles. The summed E-state index contributed by atoms with van der Waals surface area (Å²) in [7, 11) is 5.44. The third-order valence-corrected chi connectivity index (χ3v) is 2.30. The van der Waals surface area contributed by atoms with E-state index >= 15 is 0 Å². The van der Waals surface area contributed by atoms with E-state index in [1.165, 1.54) is 0 Å². The van der Waals surface area contributed by atoms with Gasteiger partial charge in [-0.15, -0.1) is 0 Å². The Morgan fingerprint density at radius 1 is 1.43 bits per heavy atom. The van der Waals surface area contributed by atoms with Crippen molar-refractivity contribution in [1.82, 2.24) is 4.90 Å². The Balaban J connectivity index is 3.10. The van der Waals surface area contributed by atoms with Gasteiger partial charge in [0.25, 0.3) is 0 Å². The highest BCUT2D eigenvalue weighted by molar-refractivity contribution is 6.30. The van der Waals surface area contributed by atoms with E-state index in [2.05, 4.69) is 0 Å². The van der Waals surface area contributed by atoms with Crippen molar-refractivity contribution >= 4 is 11.6 Å². The van der Waals surface area contributed by atoms with E-state index in [-0.39, 0.29) is 6.17 Å². The summed E-state index contributed by atoms with van der Waals surface area (Å²) < 4.78 is 5.21. The molecule has 0 bridgehead atoms. The van der Waals surface area contributed by atoms with Crippen LogP contribution in [0.2, 0.25) is 5.02 Å². The molecular weight excluding hydrogens is 200 g/mol. The molecule has 0 amide bonds. The second-order valence-electron chi connectivity index (χ2n) is 3.29. The van der Waals surface area contributed by atoms with Crippen molar-refractivity contribution in [2.75, 3.05) is 21.2 Å². The molecule has 1 atom stereocenters. The number of halogens is 1. The molecule has 0 saturated heterocycles. The summed E-state index contributed by atoms with van der Waals surface area (Å²) in [6.07, 6.45) is -0.205. The fraction of sp³-hybridized carbons (Fsp3) is 0.400. The van der Waals surface area contributed by atoms with Crippen LogP contribution in [0.5, 0.6) is 5.75 Å². The molecule has 0 aliphatic carbocycles. The van der Waals surface area contributed by atoms with Crippen LogP contribution in [0.1, 0.15) is 11.7 Å². The number of methoxy groups -OCH3 is 1. The molecule has 1 unspecified atom stereocenters. The lowest BCUT2D eigenvalue weighted by Gasteiger charge is -2.22. The Hall–Kier alpha value is -0.770. The highest BCUT2D eigenvalue weighted by atomic mass is 35.5. The van der Waals surface area contributed by atoms with Crippen LogP contribution >= 0.6 is 11.6 Å². The first kappa shape index (κ1) is 11.3. The average Bonchev–Trinajstić information content (AvgIpc) is 2.16. The maximum Gasteiger partial charge on any atom is 0.125 e. The van der Waals surface area contributed by atoms with Crippen molar-refractivity contribution in [3.05, 3.63) is 28.8 Å². The molecule has 3 nitrogen and oxygen atoms in total. The zero-order valence-corrected chi connectivity index (χ0v) is 9.38. The van der Waals surface area contributed by atoms with Crippen LogP contribution in [0.15, 0.2) is 18.2 Å². The van der Waals surface area contributed by atoms with E-state index in [0.717, 1.165) is 11.3 Å². The number of benzene rings is 1. The molecule has 0 radical (unpaired) electrons. The van der Waals surface area contributed by atoms with Gasteiger partial charge in [0, 0.05) is 10.6 Å². The van der Waals surface area contributed by atoms with E-state index in [4.69, 9.17) is 22.1 Å². The van der Waals surface area contributed by atoms with Crippen LogP contribution in [-0.2, 0) is 0 Å². The van der Waals surface area contributed by atoms with Gasteiger partial charge in [-0.1, -0.05) is 11.6 Å². The fourth-order valence-corrected chi connectivity index (χ4v) is 1.40. The number of ether oxygens (including phenoxy) is 1. The minimum atomic E-state index is -0.205. The lowest BCUT2D eigenvalue weighted by Crippen LogP contribution is -2.27. The Labute approximate surface area is 89.4 Å². The lowest BCUT2D eigenvalue weighted by atomic mass is 10.1. The smallest absolute Gasteiger partial charge is 0.125 e. The topological polar surface area (TPSA) is 38.5 Å². The summed E-state index contributed by atoms with van der Waals surface area (Å²) in [5, 5.41) is 0.665. The number of nitrogens with two attached hydrogens (primary N) is 1. The Morgan fingerprint density at radius 2 is 2.07 bits per heavy atom. The van der Waals surface area contributed by atoms with Crippen molar-refractivity contribution in [3.8, 4) is 5.75 Å². The van der Waals surface area contributed by atoms with Gasteiger partial charge in [0.2, 0.25) is 0 Å². The van der Waals surface area contributed by atoms with Gasteiger partial charge < -0.3 is 10.5 Å². The molecule has 14 heavy (non-hydrogen) atoms. The van der Waals surface area contributed by atoms with Crippen molar-refractivity contribution in [1.29, 1.82) is 0 Å². The van der Waals surface area contributed by atoms with Gasteiger partial charge in [0.15, 0.2) is 0 Å². The van der Waals surface area contributed by atoms with Gasteiger partial charge >= 0.3 is 0 Å². The van der Waals surface area contributed by atoms with Crippen LogP contribution in [-0.4, -0.2) is 26.1 Å². The monoisotopic (exact) mass is 214 g/mol. The Morgan fingerprint density at radius 3 is 2.57 bits per heavy atom. The van der Waals surface area contributed by atoms with Gasteiger partial charge in [0.1, 0.15) is 5.75 Å². The van der Waals surface area contributed by atoms with E-state index in [1.807, 2.05) is 31.1 Å². The van der Waals surface area contributed by atoms with Gasteiger partial charge in [-0.25, -0.2) is 0 Å². The molecule has 78 valence electrons. The van der Waals surface area contributed by atoms with Gasteiger partial charge in [-0.2, -0.15) is 0 Å². The largest absolute Gasteiger partial charge is 0.496 e. The summed E-state index contributed by atoms with van der Waals surface area (Å²) in [6.45, 7) is 0. The van der Waals surface area contributed by atoms with Gasteiger partial charge in [-0.05, 0) is 32.3 Å². The number of nitrogens with zero attached hydrogens (tertiary/aromatic N) is 1. The van der Waals surface area contributed by atoms with Crippen molar-refractivity contribution < 1.29 is 4.74 Å². The van der Waals surface area contributed by atoms with E-state index in [0.29, 0.717) is 5.02 Å². The third kappa shape index (κ3) is 2.38. The quantitative estimate of drug-likeness (QED) is 0.781. The minimum absolute atomic E-state index is 0.205. The average molecular weight is 215 g/mol. The van der Waals surface area contributed by atoms with Gasteiger partial charge in [-0.3, -0.25) is 4.90 Å². The second-order valence-corrected chi connectivity index (χ2v) is 3.73. The van der Waals surface area contributed by atoms with E-state index in [9.17, 15) is 0 Å². The summed E-state index contributed by atoms with van der Waals surface area (Å²) in [5.41, 5.74) is 6.86. The maximum atomic E-state index is 5.97. The predicted molar refractivity (Wildman–Crippen MR) is 58.6 cm³/mol. The molecule has 0 heterocycles. The number of hydrogen-bond acceptors (Lipinski definition) is 3. The first-order chi connectivity index (χ1) is 6.56. The normalized spacial score (nSPS) is 13.0. The van der Waals surface area contributed by atoms with Gasteiger partial charge in [0.05, 0.1) is 13.3 Å². The minimum Gasteiger partial charge on any atom is -0.496 e. The standard InChI is InChI=1S/C10H15ClN2O/c1-13(2)10(12)8-6-7(11)4-5-9(8)14-3/h4-6,10H,12H2,1-3H3. The van der Waals surface area contributed by atoms with Crippen LogP contribution in [0.25, 0.3) is 0 Å². The van der Waals surface area contributed by atoms with Crippen molar-refractivity contribution in [3.63, 3.8) is 0 Å². The summed E-state index contributed by atoms with van der Waals surface area (Å²) >= 11 is 5.89. The Bertz CT molecular complexity index is 315. The number of hydrogen-bond donors (Lipinski definition) is 1. The molecular formula is C10H15ClN2O. The highest BCUT2D eigenvalue weighted by Crippen LogP contribution is 2.27. The van der Waals surface area contributed by atoms with Crippen LogP contribution in [0, 0.1) is 0 Å². The zero-order chi connectivity index (χ0) is 10.7. The SMILES string of the molecule is COc1ccc(Cl)cc1C(N)N(C)C. The maximum absolute atomic E-state index is 5.97. The van der Waals surface area contributed by atoms with Crippen LogP contribution in [0.4, 0.5) is 0 Å². The first-order valence-electron chi connectivity index (χ1n) is 4.31. The molecule has 4 heteroatoms. The fourth-order valence-electron chi connectivity index (χ4n) is 1.21. The summed E-state index contributed by atoms with van der Waals surface area (Å²) in [4.78, 5) is 1.90. The molecule has 0 fully saturated rings. The third-order valence-electron chi connectivity index (χ3n) is 2.07. The summed E-state index contributed by atoms with van der Waals surface area (Å²) in [6, 6.07) is 5.43. The molecule has 1 aromatic rings. The molecule has 2 N–H and O–H groups in total. The molecule has 0 saturated carbocycles. The Kier molecular flexibility index (Phi) is 3.75.